The number of halogens is 3. The Kier molecular flexibility index (Phi) is 4.08. The van der Waals surface area contributed by atoms with E-state index >= 15 is 0 Å². The molecule has 3 heterocycles. The maximum atomic E-state index is 12.6. The summed E-state index contributed by atoms with van der Waals surface area (Å²) in [5, 5.41) is 18.4. The van der Waals surface area contributed by atoms with Crippen molar-refractivity contribution < 1.29 is 28.2 Å². The van der Waals surface area contributed by atoms with Gasteiger partial charge in [-0.15, -0.1) is 0 Å². The van der Waals surface area contributed by atoms with Crippen molar-refractivity contribution in [2.45, 2.75) is 25.1 Å². The molecule has 1 fully saturated rings. The molecule has 2 aromatic heterocycles. The van der Waals surface area contributed by atoms with E-state index in [1.165, 1.54) is 16.8 Å². The molecule has 2 aromatic rings. The van der Waals surface area contributed by atoms with Crippen LogP contribution < -0.4 is 4.90 Å². The van der Waals surface area contributed by atoms with Crippen molar-refractivity contribution in [1.82, 2.24) is 14.4 Å². The van der Waals surface area contributed by atoms with Crippen LogP contribution in [0.3, 0.4) is 0 Å². The molecular weight excluding hydrogens is 329 g/mol. The topological polar surface area (TPSA) is 91.0 Å². The fraction of sp³-hybridized carbons (Fsp3) is 0.500. The molecule has 1 unspecified atom stereocenters. The van der Waals surface area contributed by atoms with Crippen LogP contribution in [-0.2, 0) is 0 Å². The Morgan fingerprint density at radius 2 is 2.00 bits per heavy atom. The highest BCUT2D eigenvalue weighted by Crippen LogP contribution is 2.32. The molecule has 0 saturated carbocycles. The summed E-state index contributed by atoms with van der Waals surface area (Å²) in [5.41, 5.74) is -0.0175. The van der Waals surface area contributed by atoms with Gasteiger partial charge in [-0.1, -0.05) is 0 Å². The third-order valence-corrected chi connectivity index (χ3v) is 4.23. The van der Waals surface area contributed by atoms with Crippen LogP contribution in [0.5, 0.6) is 0 Å². The van der Waals surface area contributed by atoms with E-state index < -0.39 is 24.2 Å². The molecule has 3 rings (SSSR count). The zero-order valence-electron chi connectivity index (χ0n) is 12.4. The van der Waals surface area contributed by atoms with Crippen molar-refractivity contribution in [2.24, 2.45) is 5.92 Å². The van der Waals surface area contributed by atoms with Crippen LogP contribution in [0.25, 0.3) is 5.78 Å². The lowest BCUT2D eigenvalue weighted by Crippen LogP contribution is -2.43. The number of aliphatic hydroxyl groups is 1. The number of aliphatic hydroxyl groups excluding tert-OH is 1. The molecule has 0 amide bonds. The molecule has 0 spiro atoms. The molecule has 0 aromatic carbocycles. The standard InChI is InChI=1S/C14H15F3N4O3/c15-14(16,17)11(22)8-1-4-20(5-2-8)10-3-6-21-9(12(23)24)7-18-13(21)19-10/h3,6-8,11,22H,1-2,4-5H2,(H,23,24). The zero-order chi connectivity index (χ0) is 17.5. The molecule has 7 nitrogen and oxygen atoms in total. The second-order valence-electron chi connectivity index (χ2n) is 5.72. The van der Waals surface area contributed by atoms with Gasteiger partial charge in [-0.2, -0.15) is 18.2 Å². The van der Waals surface area contributed by atoms with Crippen molar-refractivity contribution in [1.29, 1.82) is 0 Å². The smallest absolute Gasteiger partial charge is 0.414 e. The summed E-state index contributed by atoms with van der Waals surface area (Å²) in [6.07, 6.45) is -3.80. The number of hydrogen-bond acceptors (Lipinski definition) is 5. The minimum atomic E-state index is -4.60. The first-order valence-corrected chi connectivity index (χ1v) is 7.34. The highest BCUT2D eigenvalue weighted by atomic mass is 19.4. The van der Waals surface area contributed by atoms with Crippen LogP contribution >= 0.6 is 0 Å². The number of carboxylic acid groups (broad SMARTS) is 1. The minimum absolute atomic E-state index is 0.0175. The SMILES string of the molecule is O=C(O)c1cnc2nc(N3CCC(C(O)C(F)(F)F)CC3)ccn12. The van der Waals surface area contributed by atoms with E-state index in [2.05, 4.69) is 9.97 Å². The molecule has 0 aliphatic carbocycles. The van der Waals surface area contributed by atoms with Gasteiger partial charge in [0.05, 0.1) is 6.20 Å². The molecule has 1 aliphatic heterocycles. The van der Waals surface area contributed by atoms with Gasteiger partial charge in [0.1, 0.15) is 5.82 Å². The van der Waals surface area contributed by atoms with Crippen molar-refractivity contribution >= 4 is 17.6 Å². The Bertz CT molecular complexity index is 753. The lowest BCUT2D eigenvalue weighted by molar-refractivity contribution is -0.221. The average Bonchev–Trinajstić information content (AvgIpc) is 2.96. The van der Waals surface area contributed by atoms with Crippen molar-refractivity contribution in [3.8, 4) is 0 Å². The molecule has 1 aliphatic rings. The van der Waals surface area contributed by atoms with Gasteiger partial charge in [-0.05, 0) is 24.8 Å². The molecule has 1 atom stereocenters. The monoisotopic (exact) mass is 344 g/mol. The number of piperidine rings is 1. The van der Waals surface area contributed by atoms with Crippen molar-refractivity contribution in [2.75, 3.05) is 18.0 Å². The number of carbonyl (C=O) groups is 1. The molecule has 0 radical (unpaired) electrons. The Labute approximate surface area is 134 Å². The predicted molar refractivity (Wildman–Crippen MR) is 76.9 cm³/mol. The number of alkyl halides is 3. The predicted octanol–water partition coefficient (Wildman–Crippen LogP) is 1.57. The number of aromatic nitrogens is 3. The van der Waals surface area contributed by atoms with Gasteiger partial charge >= 0.3 is 12.1 Å². The second-order valence-corrected chi connectivity index (χ2v) is 5.72. The zero-order valence-corrected chi connectivity index (χ0v) is 12.4. The van der Waals surface area contributed by atoms with E-state index in [0.29, 0.717) is 18.9 Å². The fourth-order valence-electron chi connectivity index (χ4n) is 2.91. The van der Waals surface area contributed by atoms with Gasteiger partial charge in [0.2, 0.25) is 5.78 Å². The van der Waals surface area contributed by atoms with E-state index in [-0.39, 0.29) is 24.3 Å². The number of fused-ring (bicyclic) bond motifs is 1. The highest BCUT2D eigenvalue weighted by molar-refractivity contribution is 5.86. The number of imidazole rings is 1. The largest absolute Gasteiger partial charge is 0.477 e. The minimum Gasteiger partial charge on any atom is -0.477 e. The van der Waals surface area contributed by atoms with Gasteiger partial charge in [0.25, 0.3) is 0 Å². The third-order valence-electron chi connectivity index (χ3n) is 4.23. The first-order chi connectivity index (χ1) is 11.3. The molecule has 1 saturated heterocycles. The summed E-state index contributed by atoms with van der Waals surface area (Å²) in [6.45, 7) is 0.654. The maximum Gasteiger partial charge on any atom is 0.414 e. The van der Waals surface area contributed by atoms with E-state index in [0.717, 1.165) is 0 Å². The Morgan fingerprint density at radius 1 is 1.33 bits per heavy atom. The van der Waals surface area contributed by atoms with Gasteiger partial charge < -0.3 is 15.1 Å². The van der Waals surface area contributed by atoms with Gasteiger partial charge in [-0.3, -0.25) is 4.40 Å². The van der Waals surface area contributed by atoms with E-state index in [9.17, 15) is 23.1 Å². The summed E-state index contributed by atoms with van der Waals surface area (Å²) in [4.78, 5) is 21.0. The maximum absolute atomic E-state index is 12.6. The fourth-order valence-corrected chi connectivity index (χ4v) is 2.91. The number of rotatable bonds is 3. The molecule has 10 heteroatoms. The van der Waals surface area contributed by atoms with E-state index in [1.807, 2.05) is 0 Å². The van der Waals surface area contributed by atoms with Crippen LogP contribution in [0, 0.1) is 5.92 Å². The first kappa shape index (κ1) is 16.5. The van der Waals surface area contributed by atoms with Crippen LogP contribution in [0.2, 0.25) is 0 Å². The highest BCUT2D eigenvalue weighted by Gasteiger charge is 2.44. The van der Waals surface area contributed by atoms with Crippen LogP contribution in [-0.4, -0.2) is 55.9 Å². The summed E-state index contributed by atoms with van der Waals surface area (Å²) in [7, 11) is 0. The number of anilines is 1. The van der Waals surface area contributed by atoms with Crippen LogP contribution in [0.4, 0.5) is 19.0 Å². The Hall–Kier alpha value is -2.36. The number of hydrogen-bond donors (Lipinski definition) is 2. The Balaban J connectivity index is 1.73. The lowest BCUT2D eigenvalue weighted by Gasteiger charge is -2.35. The quantitative estimate of drug-likeness (QED) is 0.878. The Morgan fingerprint density at radius 3 is 2.58 bits per heavy atom. The second kappa shape index (κ2) is 5.93. The van der Waals surface area contributed by atoms with Gasteiger partial charge in [0, 0.05) is 19.3 Å². The first-order valence-electron chi connectivity index (χ1n) is 7.34. The van der Waals surface area contributed by atoms with E-state index in [1.54, 1.807) is 11.0 Å². The average molecular weight is 344 g/mol. The van der Waals surface area contributed by atoms with Gasteiger partial charge in [0.15, 0.2) is 11.8 Å². The van der Waals surface area contributed by atoms with Crippen LogP contribution in [0.15, 0.2) is 18.5 Å². The number of nitrogens with zero attached hydrogens (tertiary/aromatic N) is 4. The number of aromatic carboxylic acids is 1. The molecule has 24 heavy (non-hydrogen) atoms. The summed E-state index contributed by atoms with van der Waals surface area (Å²) in [6, 6.07) is 1.60. The molecule has 2 N–H and O–H groups in total. The summed E-state index contributed by atoms with van der Waals surface area (Å²) < 4.78 is 39.0. The van der Waals surface area contributed by atoms with Crippen molar-refractivity contribution in [3.63, 3.8) is 0 Å². The number of carboxylic acids is 1. The van der Waals surface area contributed by atoms with Crippen molar-refractivity contribution in [3.05, 3.63) is 24.2 Å². The molecule has 130 valence electrons. The van der Waals surface area contributed by atoms with E-state index in [4.69, 9.17) is 5.11 Å². The molecular formula is C14H15F3N4O3. The van der Waals surface area contributed by atoms with Gasteiger partial charge in [-0.25, -0.2) is 9.78 Å². The third kappa shape index (κ3) is 3.01. The normalized spacial score (nSPS) is 18.1. The summed E-state index contributed by atoms with van der Waals surface area (Å²) >= 11 is 0. The molecule has 0 bridgehead atoms. The lowest BCUT2D eigenvalue weighted by atomic mass is 9.91. The van der Waals surface area contributed by atoms with Crippen LogP contribution in [0.1, 0.15) is 23.3 Å². The summed E-state index contributed by atoms with van der Waals surface area (Å²) in [5.74, 6) is -1.22.